The molecule has 0 bridgehead atoms. The first kappa shape index (κ1) is 14.6. The predicted octanol–water partition coefficient (Wildman–Crippen LogP) is 2.60. The molecule has 0 aliphatic carbocycles. The van der Waals surface area contributed by atoms with E-state index in [1.54, 1.807) is 6.20 Å². The van der Waals surface area contributed by atoms with Crippen LogP contribution in [-0.2, 0) is 0 Å². The zero-order valence-corrected chi connectivity index (χ0v) is 12.6. The molecule has 0 aliphatic rings. The van der Waals surface area contributed by atoms with E-state index in [1.165, 1.54) is 5.69 Å². The first-order valence-electron chi connectivity index (χ1n) is 7.16. The Labute approximate surface area is 121 Å². The lowest BCUT2D eigenvalue weighted by Gasteiger charge is -2.27. The number of hydrogen-bond acceptors (Lipinski definition) is 4. The number of nitrogens with zero attached hydrogens (tertiary/aromatic N) is 3. The highest BCUT2D eigenvalue weighted by atomic mass is 15.2. The SMILES string of the molecule is CCCN(CCN(C)C)c1ccc(N)c2ncccc12. The lowest BCUT2D eigenvalue weighted by atomic mass is 10.1. The third kappa shape index (κ3) is 3.20. The summed E-state index contributed by atoms with van der Waals surface area (Å²) < 4.78 is 0. The van der Waals surface area contributed by atoms with E-state index in [4.69, 9.17) is 5.73 Å². The molecule has 4 nitrogen and oxygen atoms in total. The number of aromatic nitrogens is 1. The monoisotopic (exact) mass is 272 g/mol. The summed E-state index contributed by atoms with van der Waals surface area (Å²) in [5.74, 6) is 0. The van der Waals surface area contributed by atoms with Crippen LogP contribution in [0.15, 0.2) is 30.5 Å². The van der Waals surface area contributed by atoms with Crippen molar-refractivity contribution in [3.05, 3.63) is 30.5 Å². The Hall–Kier alpha value is -1.81. The van der Waals surface area contributed by atoms with Gasteiger partial charge in [0.25, 0.3) is 0 Å². The van der Waals surface area contributed by atoms with Crippen LogP contribution in [0.4, 0.5) is 11.4 Å². The highest BCUT2D eigenvalue weighted by Gasteiger charge is 2.11. The van der Waals surface area contributed by atoms with Gasteiger partial charge in [-0.3, -0.25) is 4.98 Å². The first-order valence-corrected chi connectivity index (χ1v) is 7.16. The molecule has 1 aromatic heterocycles. The van der Waals surface area contributed by atoms with Gasteiger partial charge in [0.15, 0.2) is 0 Å². The summed E-state index contributed by atoms with van der Waals surface area (Å²) in [7, 11) is 4.21. The Morgan fingerprint density at radius 3 is 2.60 bits per heavy atom. The lowest BCUT2D eigenvalue weighted by molar-refractivity contribution is 0.413. The maximum absolute atomic E-state index is 6.03. The molecule has 108 valence electrons. The fourth-order valence-corrected chi connectivity index (χ4v) is 2.40. The van der Waals surface area contributed by atoms with Crippen LogP contribution in [0.3, 0.4) is 0 Å². The number of pyridine rings is 1. The highest BCUT2D eigenvalue weighted by Crippen LogP contribution is 2.29. The van der Waals surface area contributed by atoms with Gasteiger partial charge in [-0.2, -0.15) is 0 Å². The van der Waals surface area contributed by atoms with Crippen molar-refractivity contribution < 1.29 is 0 Å². The van der Waals surface area contributed by atoms with Crippen LogP contribution in [0.1, 0.15) is 13.3 Å². The Morgan fingerprint density at radius 2 is 1.90 bits per heavy atom. The van der Waals surface area contributed by atoms with Gasteiger partial charge < -0.3 is 15.5 Å². The van der Waals surface area contributed by atoms with E-state index in [9.17, 15) is 0 Å². The molecule has 0 aliphatic heterocycles. The van der Waals surface area contributed by atoms with E-state index in [0.717, 1.165) is 42.6 Å². The van der Waals surface area contributed by atoms with Gasteiger partial charge in [-0.05, 0) is 44.8 Å². The largest absolute Gasteiger partial charge is 0.397 e. The molecule has 2 N–H and O–H groups in total. The molecule has 0 fully saturated rings. The van der Waals surface area contributed by atoms with Crippen LogP contribution < -0.4 is 10.6 Å². The van der Waals surface area contributed by atoms with Crippen molar-refractivity contribution in [3.63, 3.8) is 0 Å². The minimum absolute atomic E-state index is 0.744. The van der Waals surface area contributed by atoms with E-state index in [0.29, 0.717) is 0 Å². The summed E-state index contributed by atoms with van der Waals surface area (Å²) in [5.41, 5.74) is 8.90. The van der Waals surface area contributed by atoms with Gasteiger partial charge >= 0.3 is 0 Å². The number of nitrogen functional groups attached to an aromatic ring is 1. The fourth-order valence-electron chi connectivity index (χ4n) is 2.40. The van der Waals surface area contributed by atoms with Crippen LogP contribution in [0.5, 0.6) is 0 Å². The summed E-state index contributed by atoms with van der Waals surface area (Å²) in [4.78, 5) is 9.05. The normalized spacial score (nSPS) is 11.2. The number of anilines is 2. The molecule has 2 aromatic rings. The van der Waals surface area contributed by atoms with Gasteiger partial charge in [0.05, 0.1) is 11.2 Å². The maximum atomic E-state index is 6.03. The molecule has 2 rings (SSSR count). The number of rotatable bonds is 6. The predicted molar refractivity (Wildman–Crippen MR) is 87.2 cm³/mol. The van der Waals surface area contributed by atoms with Crippen LogP contribution >= 0.6 is 0 Å². The van der Waals surface area contributed by atoms with E-state index in [2.05, 4.69) is 47.9 Å². The van der Waals surface area contributed by atoms with Crippen molar-refractivity contribution >= 4 is 22.3 Å². The quantitative estimate of drug-likeness (QED) is 0.821. The molecule has 0 amide bonds. The minimum atomic E-state index is 0.744. The number of benzene rings is 1. The molecule has 1 heterocycles. The summed E-state index contributed by atoms with van der Waals surface area (Å²) in [6.07, 6.45) is 2.92. The van der Waals surface area contributed by atoms with Crippen LogP contribution in [0, 0.1) is 0 Å². The second-order valence-corrected chi connectivity index (χ2v) is 5.36. The Morgan fingerprint density at radius 1 is 1.10 bits per heavy atom. The molecular formula is C16H24N4. The zero-order valence-electron chi connectivity index (χ0n) is 12.6. The van der Waals surface area contributed by atoms with Gasteiger partial charge in [0, 0.05) is 36.9 Å². The molecule has 20 heavy (non-hydrogen) atoms. The van der Waals surface area contributed by atoms with Gasteiger partial charge in [0.1, 0.15) is 0 Å². The Balaban J connectivity index is 2.40. The van der Waals surface area contributed by atoms with Crippen molar-refractivity contribution in [2.24, 2.45) is 0 Å². The third-order valence-electron chi connectivity index (χ3n) is 3.43. The third-order valence-corrected chi connectivity index (χ3v) is 3.43. The summed E-state index contributed by atoms with van der Waals surface area (Å²) in [5, 5.41) is 1.14. The van der Waals surface area contributed by atoms with E-state index in [-0.39, 0.29) is 0 Å². The molecule has 0 radical (unpaired) electrons. The fraction of sp³-hybridized carbons (Fsp3) is 0.438. The van der Waals surface area contributed by atoms with Gasteiger partial charge in [0.2, 0.25) is 0 Å². The average molecular weight is 272 g/mol. The summed E-state index contributed by atoms with van der Waals surface area (Å²) in [6.45, 7) is 5.29. The van der Waals surface area contributed by atoms with E-state index in [1.807, 2.05) is 12.1 Å². The molecular weight excluding hydrogens is 248 g/mol. The van der Waals surface area contributed by atoms with Crippen molar-refractivity contribution in [3.8, 4) is 0 Å². The Kier molecular flexibility index (Phi) is 4.79. The topological polar surface area (TPSA) is 45.4 Å². The maximum Gasteiger partial charge on any atom is 0.0951 e. The average Bonchev–Trinajstić information content (AvgIpc) is 2.44. The summed E-state index contributed by atoms with van der Waals surface area (Å²) in [6, 6.07) is 8.15. The first-order chi connectivity index (χ1) is 9.63. The minimum Gasteiger partial charge on any atom is -0.397 e. The molecule has 0 saturated carbocycles. The van der Waals surface area contributed by atoms with E-state index < -0.39 is 0 Å². The van der Waals surface area contributed by atoms with Gasteiger partial charge in [-0.15, -0.1) is 0 Å². The van der Waals surface area contributed by atoms with Crippen LogP contribution in [-0.4, -0.2) is 43.6 Å². The van der Waals surface area contributed by atoms with Crippen molar-refractivity contribution in [1.29, 1.82) is 0 Å². The van der Waals surface area contributed by atoms with Crippen molar-refractivity contribution in [1.82, 2.24) is 9.88 Å². The zero-order chi connectivity index (χ0) is 14.5. The second kappa shape index (κ2) is 6.57. The molecule has 0 unspecified atom stereocenters. The summed E-state index contributed by atoms with van der Waals surface area (Å²) >= 11 is 0. The smallest absolute Gasteiger partial charge is 0.0951 e. The van der Waals surface area contributed by atoms with Crippen LogP contribution in [0.25, 0.3) is 10.9 Å². The van der Waals surface area contributed by atoms with Gasteiger partial charge in [-0.25, -0.2) is 0 Å². The number of likely N-dealkylation sites (N-methyl/N-ethyl adjacent to an activating group) is 1. The molecule has 4 heteroatoms. The lowest BCUT2D eigenvalue weighted by Crippen LogP contribution is -2.32. The van der Waals surface area contributed by atoms with Crippen LogP contribution in [0.2, 0.25) is 0 Å². The molecule has 1 aromatic carbocycles. The highest BCUT2D eigenvalue weighted by molar-refractivity contribution is 5.98. The van der Waals surface area contributed by atoms with Crippen molar-refractivity contribution in [2.75, 3.05) is 44.4 Å². The molecule has 0 atom stereocenters. The number of hydrogen-bond donors (Lipinski definition) is 1. The van der Waals surface area contributed by atoms with Crippen molar-refractivity contribution in [2.45, 2.75) is 13.3 Å². The number of fused-ring (bicyclic) bond motifs is 1. The number of nitrogens with two attached hydrogens (primary N) is 1. The van der Waals surface area contributed by atoms with E-state index >= 15 is 0 Å². The molecule has 0 spiro atoms. The second-order valence-electron chi connectivity index (χ2n) is 5.36. The standard InChI is InChI=1S/C16H24N4/c1-4-10-20(12-11-19(2)3)15-8-7-14(17)16-13(15)6-5-9-18-16/h5-9H,4,10-12,17H2,1-3H3. The Bertz CT molecular complexity index is 565. The molecule has 0 saturated heterocycles. The van der Waals surface area contributed by atoms with Gasteiger partial charge in [-0.1, -0.05) is 6.92 Å².